The number of nitrogens with zero attached hydrogens (tertiary/aromatic N) is 4. The lowest BCUT2D eigenvalue weighted by Gasteiger charge is -2.41. The van der Waals surface area contributed by atoms with E-state index in [0.29, 0.717) is 32.6 Å². The van der Waals surface area contributed by atoms with Crippen LogP contribution in [0.1, 0.15) is 45.4 Å². The minimum Gasteiger partial charge on any atom is -0.340 e. The van der Waals surface area contributed by atoms with E-state index in [1.807, 2.05) is 11.8 Å². The van der Waals surface area contributed by atoms with E-state index in [4.69, 9.17) is 0 Å². The molecule has 2 saturated heterocycles. The lowest BCUT2D eigenvalue weighted by molar-refractivity contribution is -0.137. The molecule has 0 aromatic heterocycles. The zero-order valence-electron chi connectivity index (χ0n) is 18.4. The summed E-state index contributed by atoms with van der Waals surface area (Å²) in [6.45, 7) is 3.51. The number of piperazine rings is 1. The summed E-state index contributed by atoms with van der Waals surface area (Å²) in [5.74, 6) is 0.0589. The van der Waals surface area contributed by atoms with Crippen molar-refractivity contribution in [2.45, 2.75) is 63.6 Å². The molecule has 3 aliphatic rings. The first-order valence-electron chi connectivity index (χ1n) is 11.0. The van der Waals surface area contributed by atoms with Crippen molar-refractivity contribution in [3.63, 3.8) is 0 Å². The van der Waals surface area contributed by atoms with Gasteiger partial charge in [-0.2, -0.15) is 17.0 Å². The van der Waals surface area contributed by atoms with E-state index in [9.17, 15) is 21.6 Å². The van der Waals surface area contributed by atoms with Gasteiger partial charge in [-0.3, -0.25) is 9.69 Å². The smallest absolute Gasteiger partial charge is 0.282 e. The van der Waals surface area contributed by atoms with Crippen LogP contribution < -0.4 is 0 Å². The molecule has 0 aromatic rings. The van der Waals surface area contributed by atoms with Gasteiger partial charge < -0.3 is 4.90 Å². The molecule has 0 N–H and O–H groups in total. The second-order valence-electron chi connectivity index (χ2n) is 8.93. The van der Waals surface area contributed by atoms with Gasteiger partial charge in [0.25, 0.3) is 10.2 Å². The molecule has 1 saturated carbocycles. The molecule has 2 heterocycles. The number of amides is 1. The number of carbonyl (C=O) groups is 1. The van der Waals surface area contributed by atoms with Crippen LogP contribution in [0.4, 0.5) is 0 Å². The molecule has 3 fully saturated rings. The van der Waals surface area contributed by atoms with Gasteiger partial charge in [0.15, 0.2) is 9.84 Å². The largest absolute Gasteiger partial charge is 0.340 e. The van der Waals surface area contributed by atoms with Crippen molar-refractivity contribution in [3.05, 3.63) is 0 Å². The molecular weight excluding hydrogens is 428 g/mol. The number of rotatable bonds is 6. The van der Waals surface area contributed by atoms with E-state index in [0.717, 1.165) is 25.7 Å². The molecule has 0 radical (unpaired) electrons. The number of sulfone groups is 1. The molecule has 0 spiro atoms. The third-order valence-corrected chi connectivity index (χ3v) is 10.9. The Kier molecular flexibility index (Phi) is 7.49. The highest BCUT2D eigenvalue weighted by Gasteiger charge is 2.38. The molecule has 3 rings (SSSR count). The third-order valence-electron chi connectivity index (χ3n) is 7.06. The molecule has 2 atom stereocenters. The van der Waals surface area contributed by atoms with Crippen LogP contribution in [-0.4, -0.2) is 111 Å². The van der Waals surface area contributed by atoms with Crippen molar-refractivity contribution in [3.8, 4) is 0 Å². The van der Waals surface area contributed by atoms with Gasteiger partial charge in [-0.25, -0.2) is 8.42 Å². The Hall–Kier alpha value is -0.750. The molecule has 9 nitrogen and oxygen atoms in total. The highest BCUT2D eigenvalue weighted by molar-refractivity contribution is 7.91. The van der Waals surface area contributed by atoms with Crippen molar-refractivity contribution in [2.75, 3.05) is 51.8 Å². The maximum absolute atomic E-state index is 13.0. The number of hydrogen-bond acceptors (Lipinski definition) is 6. The zero-order chi connectivity index (χ0) is 22.1. The Morgan fingerprint density at radius 1 is 0.967 bits per heavy atom. The maximum atomic E-state index is 13.0. The number of likely N-dealkylation sites (N-methyl/N-ethyl adjacent to an activating group) is 1. The first kappa shape index (κ1) is 23.9. The first-order valence-corrected chi connectivity index (χ1v) is 14.2. The molecule has 174 valence electrons. The van der Waals surface area contributed by atoms with Gasteiger partial charge in [0.1, 0.15) is 0 Å². The van der Waals surface area contributed by atoms with Crippen LogP contribution in [0.2, 0.25) is 0 Å². The second-order valence-corrected chi connectivity index (χ2v) is 13.1. The Labute approximate surface area is 181 Å². The van der Waals surface area contributed by atoms with Gasteiger partial charge >= 0.3 is 0 Å². The van der Waals surface area contributed by atoms with Crippen molar-refractivity contribution >= 4 is 26.0 Å². The topological polar surface area (TPSA) is 98.3 Å². The quantitative estimate of drug-likeness (QED) is 0.555. The van der Waals surface area contributed by atoms with E-state index in [1.165, 1.54) is 10.7 Å². The zero-order valence-corrected chi connectivity index (χ0v) is 20.0. The molecule has 1 amide bonds. The standard InChI is InChI=1S/C19H36N4O5S2/c1-16(19(24)20(2)18-9-14-29(25,26)15-18)22-10-12-23(13-11-22)30(27,28)21(3)17-7-5-4-6-8-17/h16-18H,4-15H2,1-3H3. The van der Waals surface area contributed by atoms with Crippen LogP contribution >= 0.6 is 0 Å². The SMILES string of the molecule is CC(C(=O)N(C)C1CCS(=O)(=O)C1)N1CCN(S(=O)(=O)N(C)C2CCCCC2)CC1. The molecule has 11 heteroatoms. The van der Waals surface area contributed by atoms with Gasteiger partial charge in [-0.15, -0.1) is 0 Å². The minimum absolute atomic E-state index is 0.0292. The van der Waals surface area contributed by atoms with Gasteiger partial charge in [-0.1, -0.05) is 19.3 Å². The van der Waals surface area contributed by atoms with E-state index in [-0.39, 0.29) is 29.5 Å². The highest BCUT2D eigenvalue weighted by atomic mass is 32.2. The molecular formula is C19H36N4O5S2. The van der Waals surface area contributed by atoms with E-state index >= 15 is 0 Å². The van der Waals surface area contributed by atoms with Crippen LogP contribution in [-0.2, 0) is 24.8 Å². The second kappa shape index (κ2) is 9.40. The average molecular weight is 465 g/mol. The molecule has 2 unspecified atom stereocenters. The molecule has 1 aliphatic carbocycles. The Bertz CT molecular complexity index is 818. The molecule has 30 heavy (non-hydrogen) atoms. The number of carbonyl (C=O) groups excluding carboxylic acids is 1. The summed E-state index contributed by atoms with van der Waals surface area (Å²) in [6.07, 6.45) is 5.66. The van der Waals surface area contributed by atoms with Crippen LogP contribution in [0.25, 0.3) is 0 Å². The summed E-state index contributed by atoms with van der Waals surface area (Å²) >= 11 is 0. The number of hydrogen-bond donors (Lipinski definition) is 0. The Morgan fingerprint density at radius 2 is 1.57 bits per heavy atom. The van der Waals surface area contributed by atoms with E-state index in [1.54, 1.807) is 23.3 Å². The predicted molar refractivity (Wildman–Crippen MR) is 116 cm³/mol. The summed E-state index contributed by atoms with van der Waals surface area (Å²) in [5, 5.41) is 0. The summed E-state index contributed by atoms with van der Waals surface area (Å²) < 4.78 is 52.6. The Balaban J connectivity index is 1.54. The van der Waals surface area contributed by atoms with Crippen molar-refractivity contribution in [1.82, 2.24) is 18.4 Å². The Morgan fingerprint density at radius 3 is 2.10 bits per heavy atom. The summed E-state index contributed by atoms with van der Waals surface area (Å²) in [6, 6.07) is -0.589. The van der Waals surface area contributed by atoms with Gasteiger partial charge in [-0.05, 0) is 26.2 Å². The predicted octanol–water partition coefficient (Wildman–Crippen LogP) is 0.147. The summed E-state index contributed by atoms with van der Waals surface area (Å²) in [5.41, 5.74) is 0. The normalized spacial score (nSPS) is 27.9. The molecule has 0 aromatic carbocycles. The van der Waals surface area contributed by atoms with Crippen LogP contribution in [0.3, 0.4) is 0 Å². The summed E-state index contributed by atoms with van der Waals surface area (Å²) in [4.78, 5) is 16.4. The monoisotopic (exact) mass is 464 g/mol. The average Bonchev–Trinajstić information content (AvgIpc) is 3.11. The van der Waals surface area contributed by atoms with Gasteiger partial charge in [0, 0.05) is 52.4 Å². The van der Waals surface area contributed by atoms with Gasteiger partial charge in [0.2, 0.25) is 5.91 Å². The highest BCUT2D eigenvalue weighted by Crippen LogP contribution is 2.25. The maximum Gasteiger partial charge on any atom is 0.282 e. The van der Waals surface area contributed by atoms with Crippen LogP contribution in [0.15, 0.2) is 0 Å². The lowest BCUT2D eigenvalue weighted by Crippen LogP contribution is -2.58. The molecule has 0 bridgehead atoms. The van der Waals surface area contributed by atoms with Crippen LogP contribution in [0, 0.1) is 0 Å². The third kappa shape index (κ3) is 5.17. The summed E-state index contributed by atoms with van der Waals surface area (Å²) in [7, 11) is -3.19. The minimum atomic E-state index is -3.50. The van der Waals surface area contributed by atoms with E-state index in [2.05, 4.69) is 0 Å². The fourth-order valence-corrected chi connectivity index (χ4v) is 8.20. The van der Waals surface area contributed by atoms with Gasteiger partial charge in [0.05, 0.1) is 17.5 Å². The van der Waals surface area contributed by atoms with E-state index < -0.39 is 26.1 Å². The van der Waals surface area contributed by atoms with Crippen molar-refractivity contribution in [2.24, 2.45) is 0 Å². The van der Waals surface area contributed by atoms with Crippen molar-refractivity contribution in [1.29, 1.82) is 0 Å². The fourth-order valence-electron chi connectivity index (χ4n) is 4.85. The van der Waals surface area contributed by atoms with Crippen LogP contribution in [0.5, 0.6) is 0 Å². The fraction of sp³-hybridized carbons (Fsp3) is 0.947. The lowest BCUT2D eigenvalue weighted by atomic mass is 9.96. The van der Waals surface area contributed by atoms with Crippen molar-refractivity contribution < 1.29 is 21.6 Å². The molecule has 2 aliphatic heterocycles. The first-order chi connectivity index (χ1) is 14.0.